The Hall–Kier alpha value is -2.17. The summed E-state index contributed by atoms with van der Waals surface area (Å²) >= 11 is 5.93. The summed E-state index contributed by atoms with van der Waals surface area (Å²) in [5.41, 5.74) is 1.88. The Balaban J connectivity index is 1.50. The van der Waals surface area contributed by atoms with Crippen LogP contribution in [-0.4, -0.2) is 24.9 Å². The molecular weight excluding hydrogens is 372 g/mol. The monoisotopic (exact) mass is 398 g/mol. The number of halogens is 1. The number of carbonyl (C=O) groups is 2. The zero-order chi connectivity index (χ0) is 19.9. The highest BCUT2D eigenvalue weighted by molar-refractivity contribution is 6.30. The molecule has 5 heteroatoms. The van der Waals surface area contributed by atoms with Crippen molar-refractivity contribution in [2.24, 2.45) is 11.8 Å². The van der Waals surface area contributed by atoms with Crippen molar-refractivity contribution in [2.75, 3.05) is 7.05 Å². The van der Waals surface area contributed by atoms with Crippen LogP contribution in [0.3, 0.4) is 0 Å². The molecule has 0 saturated heterocycles. The molecule has 0 spiro atoms. The minimum absolute atomic E-state index is 0.0270. The van der Waals surface area contributed by atoms with Gasteiger partial charge in [-0.1, -0.05) is 54.1 Å². The maximum absolute atomic E-state index is 12.7. The Morgan fingerprint density at radius 2 is 1.57 bits per heavy atom. The van der Waals surface area contributed by atoms with Gasteiger partial charge in [-0.2, -0.15) is 0 Å². The van der Waals surface area contributed by atoms with Gasteiger partial charge in [0.2, 0.25) is 5.91 Å². The second kappa shape index (κ2) is 9.85. The van der Waals surface area contributed by atoms with Gasteiger partial charge in [-0.15, -0.1) is 0 Å². The van der Waals surface area contributed by atoms with Gasteiger partial charge in [0.25, 0.3) is 0 Å². The zero-order valence-electron chi connectivity index (χ0n) is 16.2. The summed E-state index contributed by atoms with van der Waals surface area (Å²) in [6.07, 6.45) is 3.62. The molecule has 1 aliphatic rings. The summed E-state index contributed by atoms with van der Waals surface area (Å²) in [5, 5.41) is 6.98. The van der Waals surface area contributed by atoms with Gasteiger partial charge in [0, 0.05) is 28.8 Å². The molecule has 28 heavy (non-hydrogen) atoms. The average Bonchev–Trinajstić information content (AvgIpc) is 2.75. The van der Waals surface area contributed by atoms with E-state index in [1.807, 2.05) is 61.6 Å². The van der Waals surface area contributed by atoms with E-state index in [0.29, 0.717) is 11.4 Å². The Morgan fingerprint density at radius 1 is 0.964 bits per heavy atom. The Labute approximate surface area is 171 Å². The van der Waals surface area contributed by atoms with Crippen molar-refractivity contribution in [3.05, 3.63) is 70.7 Å². The van der Waals surface area contributed by atoms with Crippen LogP contribution < -0.4 is 10.6 Å². The Morgan fingerprint density at radius 3 is 2.18 bits per heavy atom. The van der Waals surface area contributed by atoms with Crippen LogP contribution in [0.15, 0.2) is 54.6 Å². The van der Waals surface area contributed by atoms with E-state index in [1.165, 1.54) is 0 Å². The van der Waals surface area contributed by atoms with Crippen molar-refractivity contribution in [3.8, 4) is 0 Å². The SMILES string of the molecule is CNC(Cc1ccc(Cl)cc1)NC(=O)C1CCC(C(=O)c2ccccc2)CC1. The van der Waals surface area contributed by atoms with Crippen molar-refractivity contribution >= 4 is 23.3 Å². The highest BCUT2D eigenvalue weighted by Gasteiger charge is 2.31. The first-order chi connectivity index (χ1) is 13.6. The van der Waals surface area contributed by atoms with Crippen LogP contribution in [0.5, 0.6) is 0 Å². The molecule has 2 aromatic rings. The number of hydrogen-bond acceptors (Lipinski definition) is 3. The molecule has 1 saturated carbocycles. The van der Waals surface area contributed by atoms with E-state index in [0.717, 1.165) is 36.8 Å². The number of Topliss-reactive ketones (excluding diaryl/α,β-unsaturated/α-hetero) is 1. The number of nitrogens with one attached hydrogen (secondary N) is 2. The molecule has 1 unspecified atom stereocenters. The molecule has 3 rings (SSSR count). The highest BCUT2D eigenvalue weighted by atomic mass is 35.5. The van der Waals surface area contributed by atoms with Gasteiger partial charge in [-0.25, -0.2) is 0 Å². The molecular formula is C23H27ClN2O2. The van der Waals surface area contributed by atoms with Crippen LogP contribution >= 0.6 is 11.6 Å². The van der Waals surface area contributed by atoms with Crippen LogP contribution in [0.1, 0.15) is 41.6 Å². The van der Waals surface area contributed by atoms with Crippen LogP contribution in [0.4, 0.5) is 0 Å². The lowest BCUT2D eigenvalue weighted by atomic mass is 9.78. The van der Waals surface area contributed by atoms with Gasteiger partial charge < -0.3 is 10.6 Å². The summed E-state index contributed by atoms with van der Waals surface area (Å²) < 4.78 is 0. The minimum atomic E-state index is -0.127. The lowest BCUT2D eigenvalue weighted by Gasteiger charge is -2.28. The molecule has 0 bridgehead atoms. The molecule has 1 atom stereocenters. The standard InChI is InChI=1S/C23H27ClN2O2/c1-25-21(15-16-7-13-20(24)14-8-16)26-23(28)19-11-9-18(10-12-19)22(27)17-5-3-2-4-6-17/h2-8,13-14,18-19,21,25H,9-12,15H2,1H3,(H,26,28). The number of hydrogen-bond donors (Lipinski definition) is 2. The van der Waals surface area contributed by atoms with Gasteiger partial charge in [0.15, 0.2) is 5.78 Å². The quantitative estimate of drug-likeness (QED) is 0.542. The Bertz CT molecular complexity index is 784. The zero-order valence-corrected chi connectivity index (χ0v) is 16.9. The third-order valence-electron chi connectivity index (χ3n) is 5.55. The molecule has 1 fully saturated rings. The maximum atomic E-state index is 12.7. The summed E-state index contributed by atoms with van der Waals surface area (Å²) in [4.78, 5) is 25.3. The van der Waals surface area contributed by atoms with E-state index in [2.05, 4.69) is 10.6 Å². The first-order valence-electron chi connectivity index (χ1n) is 9.88. The van der Waals surface area contributed by atoms with E-state index in [4.69, 9.17) is 11.6 Å². The van der Waals surface area contributed by atoms with Crippen LogP contribution in [0.2, 0.25) is 5.02 Å². The average molecular weight is 399 g/mol. The van der Waals surface area contributed by atoms with Gasteiger partial charge in [-0.3, -0.25) is 9.59 Å². The first-order valence-corrected chi connectivity index (χ1v) is 10.3. The fourth-order valence-corrected chi connectivity index (χ4v) is 3.95. The maximum Gasteiger partial charge on any atom is 0.224 e. The number of rotatable bonds is 7. The van der Waals surface area contributed by atoms with E-state index in [1.54, 1.807) is 0 Å². The summed E-state index contributed by atoms with van der Waals surface area (Å²) in [7, 11) is 1.84. The summed E-state index contributed by atoms with van der Waals surface area (Å²) in [6.45, 7) is 0. The smallest absolute Gasteiger partial charge is 0.224 e. The minimum Gasteiger partial charge on any atom is -0.340 e. The molecule has 1 amide bonds. The third kappa shape index (κ3) is 5.43. The van der Waals surface area contributed by atoms with Gasteiger partial charge in [-0.05, 0) is 50.4 Å². The van der Waals surface area contributed by atoms with E-state index >= 15 is 0 Å². The molecule has 0 aromatic heterocycles. The van der Waals surface area contributed by atoms with Gasteiger partial charge >= 0.3 is 0 Å². The molecule has 2 N–H and O–H groups in total. The van der Waals surface area contributed by atoms with Crippen molar-refractivity contribution in [3.63, 3.8) is 0 Å². The predicted octanol–water partition coefficient (Wildman–Crippen LogP) is 4.23. The van der Waals surface area contributed by atoms with E-state index < -0.39 is 0 Å². The second-order valence-corrected chi connectivity index (χ2v) is 7.90. The number of amides is 1. The second-order valence-electron chi connectivity index (χ2n) is 7.46. The molecule has 0 aliphatic heterocycles. The number of carbonyl (C=O) groups excluding carboxylic acids is 2. The highest BCUT2D eigenvalue weighted by Crippen LogP contribution is 2.31. The predicted molar refractivity (Wildman–Crippen MR) is 112 cm³/mol. The van der Waals surface area contributed by atoms with Crippen LogP contribution in [0.25, 0.3) is 0 Å². The molecule has 148 valence electrons. The molecule has 4 nitrogen and oxygen atoms in total. The first kappa shape index (κ1) is 20.6. The van der Waals surface area contributed by atoms with Crippen molar-refractivity contribution in [1.82, 2.24) is 10.6 Å². The molecule has 0 heterocycles. The van der Waals surface area contributed by atoms with Crippen LogP contribution in [0, 0.1) is 11.8 Å². The molecule has 2 aromatic carbocycles. The van der Waals surface area contributed by atoms with Crippen LogP contribution in [-0.2, 0) is 11.2 Å². The molecule has 1 aliphatic carbocycles. The number of benzene rings is 2. The third-order valence-corrected chi connectivity index (χ3v) is 5.80. The van der Waals surface area contributed by atoms with E-state index in [-0.39, 0.29) is 29.7 Å². The fraction of sp³-hybridized carbons (Fsp3) is 0.391. The van der Waals surface area contributed by atoms with Crippen molar-refractivity contribution in [1.29, 1.82) is 0 Å². The number of likely N-dealkylation sites (N-methyl/N-ethyl adjacent to an activating group) is 1. The summed E-state index contributed by atoms with van der Waals surface area (Å²) in [6, 6.07) is 17.1. The largest absolute Gasteiger partial charge is 0.340 e. The van der Waals surface area contributed by atoms with E-state index in [9.17, 15) is 9.59 Å². The fourth-order valence-electron chi connectivity index (χ4n) is 3.83. The Kier molecular flexibility index (Phi) is 7.24. The normalized spacial score (nSPS) is 20.4. The van der Waals surface area contributed by atoms with Gasteiger partial charge in [0.1, 0.15) is 0 Å². The van der Waals surface area contributed by atoms with Gasteiger partial charge in [0.05, 0.1) is 6.17 Å². The lowest BCUT2D eigenvalue weighted by Crippen LogP contribution is -2.48. The topological polar surface area (TPSA) is 58.2 Å². The number of ketones is 1. The van der Waals surface area contributed by atoms with Crippen molar-refractivity contribution in [2.45, 2.75) is 38.3 Å². The van der Waals surface area contributed by atoms with Crippen molar-refractivity contribution < 1.29 is 9.59 Å². The lowest BCUT2D eigenvalue weighted by molar-refractivity contribution is -0.127. The molecule has 0 radical (unpaired) electrons. The summed E-state index contributed by atoms with van der Waals surface area (Å²) in [5.74, 6) is 0.274.